The summed E-state index contributed by atoms with van der Waals surface area (Å²) in [7, 11) is -18.3. The molecule has 0 atom stereocenters. The predicted molar refractivity (Wildman–Crippen MR) is 392 cm³/mol. The van der Waals surface area contributed by atoms with Crippen molar-refractivity contribution in [1.82, 2.24) is 0 Å². The Morgan fingerprint density at radius 3 is 0.510 bits per heavy atom. The number of rotatable bonds is 16. The van der Waals surface area contributed by atoms with Crippen LogP contribution in [0.5, 0.6) is 46.0 Å². The molecule has 12 nitrogen and oxygen atoms in total. The van der Waals surface area contributed by atoms with Gasteiger partial charge in [-0.1, -0.05) is 194 Å². The topological polar surface area (TPSA) is 142 Å². The number of hydrogen-bond acceptors (Lipinski definition) is 12. The van der Waals surface area contributed by atoms with Crippen LogP contribution in [0.25, 0.3) is 0 Å². The number of hydrogen-bond donors (Lipinski definition) is 0. The molecule has 0 unspecified atom stereocenters. The van der Waals surface area contributed by atoms with Gasteiger partial charge in [-0.3, -0.25) is 0 Å². The molecule has 496 valence electrons. The molecule has 0 fully saturated rings. The molecule has 8 bridgehead atoms. The smallest absolute Gasteiger partial charge is 0.412 e. The third-order valence-electron chi connectivity index (χ3n) is 19.9. The number of benzene rings is 12. The third kappa shape index (κ3) is 12.2. The lowest BCUT2D eigenvalue weighted by molar-refractivity contribution is 0.371. The average Bonchev–Trinajstić information content (AvgIpc) is 0.721. The lowest BCUT2D eigenvalue weighted by Gasteiger charge is -2.37. The first-order valence-electron chi connectivity index (χ1n) is 34.0. The van der Waals surface area contributed by atoms with E-state index >= 15 is 18.3 Å². The maximum absolute atomic E-state index is 16.8. The van der Waals surface area contributed by atoms with Crippen LogP contribution < -0.4 is 57.4 Å². The molecular formula is C84H68O12P4. The summed E-state index contributed by atoms with van der Waals surface area (Å²) in [4.78, 5) is 0. The Hall–Kier alpha value is -10.0. The molecule has 16 heteroatoms. The van der Waals surface area contributed by atoms with Crippen LogP contribution in [0.2, 0.25) is 0 Å². The zero-order chi connectivity index (χ0) is 67.4. The minimum absolute atomic E-state index is 0.190. The van der Waals surface area contributed by atoms with Gasteiger partial charge in [-0.25, -0.2) is 18.3 Å². The fourth-order valence-electron chi connectivity index (χ4n) is 14.9. The molecule has 0 saturated heterocycles. The summed E-state index contributed by atoms with van der Waals surface area (Å²) in [6.07, 6.45) is 4.19. The molecule has 4 aliphatic heterocycles. The molecule has 0 amide bonds. The highest BCUT2D eigenvalue weighted by Gasteiger charge is 2.47. The minimum atomic E-state index is -4.58. The van der Waals surface area contributed by atoms with Crippen LogP contribution >= 0.6 is 30.4 Å². The van der Waals surface area contributed by atoms with E-state index in [4.69, 9.17) is 36.2 Å². The van der Waals surface area contributed by atoms with Crippen LogP contribution in [0.1, 0.15) is 116 Å². The standard InChI is InChI=1S/C84H68O12P4/c85-97(61-33-17-5-18-34-61)89-77-53-79-71-49-69(77)65(45-41-57-25-9-1-10-26-57)70-50-72-67(47-43-59-29-13-3-14-30-59)74-52-76-68(48-44-60-31-15-4-16-32-60)75-51-73(66(71)46-42-58-27-11-2-12-28-58)81(93-98(86,91-79)62-35-19-6-20-36-62)55-83(75)95-100(88,64-39-23-8-24-40-64)96-84(76)56-82(74)94-99(87,63-37-21-7-22-38-63)92-80(72)54-78(70)90-97/h1-40,49-56,65-68H,41-48H2. The second-order valence-electron chi connectivity index (χ2n) is 26.1. The lowest BCUT2D eigenvalue weighted by atomic mass is 9.76. The molecule has 0 spiro atoms. The van der Waals surface area contributed by atoms with E-state index in [1.807, 2.05) is 97.1 Å². The van der Waals surface area contributed by atoms with Gasteiger partial charge in [0.25, 0.3) is 0 Å². The molecule has 1 aliphatic carbocycles. The second kappa shape index (κ2) is 26.2. The molecule has 4 heterocycles. The largest absolute Gasteiger partial charge is 0.462 e. The van der Waals surface area contributed by atoms with Gasteiger partial charge in [0.1, 0.15) is 46.0 Å². The predicted octanol–water partition coefficient (Wildman–Crippen LogP) is 20.2. The van der Waals surface area contributed by atoms with Crippen LogP contribution in [-0.4, -0.2) is 0 Å². The fraction of sp³-hybridized carbons (Fsp3) is 0.143. The second-order valence-corrected chi connectivity index (χ2v) is 33.6. The summed E-state index contributed by atoms with van der Waals surface area (Å²) in [5, 5.41) is 1.03. The first-order chi connectivity index (χ1) is 48.9. The van der Waals surface area contributed by atoms with Crippen molar-refractivity contribution < 1.29 is 54.5 Å². The third-order valence-corrected chi connectivity index (χ3v) is 27.1. The van der Waals surface area contributed by atoms with Gasteiger partial charge in [0, 0.05) is 92.4 Å². The van der Waals surface area contributed by atoms with Crippen LogP contribution in [0, 0.1) is 0 Å². The molecule has 0 saturated carbocycles. The monoisotopic (exact) mass is 1390 g/mol. The molecule has 0 aromatic heterocycles. The van der Waals surface area contributed by atoms with Crippen molar-refractivity contribution in [1.29, 1.82) is 0 Å². The van der Waals surface area contributed by atoms with E-state index in [-0.39, 0.29) is 67.2 Å². The highest BCUT2D eigenvalue weighted by molar-refractivity contribution is 7.64. The van der Waals surface area contributed by atoms with Crippen molar-refractivity contribution in [3.63, 3.8) is 0 Å². The Labute approximate surface area is 581 Å². The van der Waals surface area contributed by atoms with Crippen LogP contribution in [-0.2, 0) is 43.9 Å². The normalized spacial score (nSPS) is 22.5. The van der Waals surface area contributed by atoms with Crippen LogP contribution in [0.15, 0.2) is 291 Å². The summed E-state index contributed by atoms with van der Waals surface area (Å²) in [6.45, 7) is 0. The van der Waals surface area contributed by atoms with E-state index in [9.17, 15) is 0 Å². The maximum atomic E-state index is 16.8. The summed E-state index contributed by atoms with van der Waals surface area (Å²) in [5.74, 6) is -0.906. The molecule has 0 N–H and O–H groups in total. The van der Waals surface area contributed by atoms with E-state index in [1.54, 1.807) is 121 Å². The first-order valence-corrected chi connectivity index (χ1v) is 40.1. The van der Waals surface area contributed by atoms with Crippen molar-refractivity contribution in [2.45, 2.75) is 75.0 Å². The fourth-order valence-corrected chi connectivity index (χ4v) is 21.4. The Bertz CT molecular complexity index is 4460. The molecule has 17 rings (SSSR count). The highest BCUT2D eigenvalue weighted by Crippen LogP contribution is 2.66. The van der Waals surface area contributed by atoms with Crippen molar-refractivity contribution in [3.05, 3.63) is 358 Å². The van der Waals surface area contributed by atoms with Crippen molar-refractivity contribution in [2.75, 3.05) is 0 Å². The van der Waals surface area contributed by atoms with Gasteiger partial charge < -0.3 is 36.2 Å². The van der Waals surface area contributed by atoms with E-state index < -0.39 is 54.1 Å². The molecule has 12 aromatic rings. The molecule has 12 aromatic carbocycles. The summed E-state index contributed by atoms with van der Waals surface area (Å²) >= 11 is 0. The van der Waals surface area contributed by atoms with Gasteiger partial charge in [-0.15, -0.1) is 0 Å². The Morgan fingerprint density at radius 2 is 0.350 bits per heavy atom. The van der Waals surface area contributed by atoms with E-state index in [0.717, 1.165) is 22.3 Å². The SMILES string of the molecule is O=P1(c2ccccc2)Oc2cc3c4cc2C(CCc2ccccc2)c2cc5c(cc2O1)OP(=O)(c1ccccc1)Oc1cc2c(cc1C5CCc1ccccc1)C(CCc1ccccc1)c1cc(c(cc1OP(=O)(c1ccccc1)O2)OP(=O)(c1ccccc1)O3)C4CCc1ccccc1. The minimum Gasteiger partial charge on any atom is -0.412 e. The Kier molecular flexibility index (Phi) is 16.6. The van der Waals surface area contributed by atoms with Crippen molar-refractivity contribution in [3.8, 4) is 46.0 Å². The van der Waals surface area contributed by atoms with Crippen LogP contribution in [0.4, 0.5) is 0 Å². The lowest BCUT2D eigenvalue weighted by Crippen LogP contribution is -2.24. The molecule has 0 radical (unpaired) electrons. The van der Waals surface area contributed by atoms with Crippen molar-refractivity contribution >= 4 is 51.6 Å². The van der Waals surface area contributed by atoms with Gasteiger partial charge in [-0.05, 0) is 146 Å². The van der Waals surface area contributed by atoms with Gasteiger partial charge in [-0.2, -0.15) is 0 Å². The van der Waals surface area contributed by atoms with Gasteiger partial charge in [0.05, 0.1) is 21.2 Å². The van der Waals surface area contributed by atoms with E-state index in [0.29, 0.717) is 95.9 Å². The molecule has 5 aliphatic rings. The quantitative estimate of drug-likeness (QED) is 0.0850. The maximum Gasteiger partial charge on any atom is 0.462 e. The molecule has 100 heavy (non-hydrogen) atoms. The Morgan fingerprint density at radius 1 is 0.200 bits per heavy atom. The van der Waals surface area contributed by atoms with Gasteiger partial charge >= 0.3 is 30.4 Å². The van der Waals surface area contributed by atoms with Crippen molar-refractivity contribution in [2.24, 2.45) is 0 Å². The van der Waals surface area contributed by atoms with E-state index in [1.165, 1.54) is 0 Å². The number of aryl methyl sites for hydroxylation is 4. The zero-order valence-electron chi connectivity index (χ0n) is 54.4. The van der Waals surface area contributed by atoms with Gasteiger partial charge in [0.2, 0.25) is 0 Å². The summed E-state index contributed by atoms with van der Waals surface area (Å²) in [6, 6.07) is 92.0. The first kappa shape index (κ1) is 63.4. The summed E-state index contributed by atoms with van der Waals surface area (Å²) < 4.78 is 125. The molecular weight excluding hydrogens is 1320 g/mol. The average molecular weight is 1390 g/mol. The summed E-state index contributed by atoms with van der Waals surface area (Å²) in [5.41, 5.74) is 9.68. The zero-order valence-corrected chi connectivity index (χ0v) is 57.9. The van der Waals surface area contributed by atoms with Gasteiger partial charge in [0.15, 0.2) is 0 Å². The van der Waals surface area contributed by atoms with Crippen LogP contribution in [0.3, 0.4) is 0 Å². The highest BCUT2D eigenvalue weighted by atomic mass is 31.2. The Balaban J connectivity index is 1.04. The van der Waals surface area contributed by atoms with E-state index in [2.05, 4.69) is 72.8 Å².